The lowest BCUT2D eigenvalue weighted by Gasteiger charge is -2.00. The summed E-state index contributed by atoms with van der Waals surface area (Å²) in [6.45, 7) is 5.83. The van der Waals surface area contributed by atoms with Crippen molar-refractivity contribution in [1.82, 2.24) is 5.16 Å². The molecule has 0 bridgehead atoms. The van der Waals surface area contributed by atoms with Crippen molar-refractivity contribution in [2.45, 2.75) is 27.2 Å². The number of rotatable bonds is 3. The SMILES string of the molecule is CC(=O)c1ccc2c(CC(C)C)onc2c1. The van der Waals surface area contributed by atoms with Gasteiger partial charge in [0.1, 0.15) is 11.3 Å². The molecule has 0 aliphatic carbocycles. The molecule has 0 atom stereocenters. The average molecular weight is 217 g/mol. The van der Waals surface area contributed by atoms with E-state index < -0.39 is 0 Å². The molecule has 1 aromatic heterocycles. The van der Waals surface area contributed by atoms with Crippen molar-refractivity contribution < 1.29 is 9.32 Å². The van der Waals surface area contributed by atoms with Gasteiger partial charge in [-0.2, -0.15) is 0 Å². The van der Waals surface area contributed by atoms with E-state index in [2.05, 4.69) is 19.0 Å². The summed E-state index contributed by atoms with van der Waals surface area (Å²) in [6.07, 6.45) is 0.871. The van der Waals surface area contributed by atoms with E-state index in [9.17, 15) is 4.79 Å². The summed E-state index contributed by atoms with van der Waals surface area (Å²) in [6, 6.07) is 5.52. The van der Waals surface area contributed by atoms with E-state index in [1.807, 2.05) is 12.1 Å². The Labute approximate surface area is 94.4 Å². The second kappa shape index (κ2) is 4.08. The maximum atomic E-state index is 11.2. The molecule has 1 heterocycles. The first-order chi connectivity index (χ1) is 7.58. The molecule has 0 saturated heterocycles. The smallest absolute Gasteiger partial charge is 0.159 e. The van der Waals surface area contributed by atoms with Gasteiger partial charge in [-0.1, -0.05) is 25.1 Å². The number of carbonyl (C=O) groups is 1. The molecule has 84 valence electrons. The van der Waals surface area contributed by atoms with E-state index in [1.165, 1.54) is 0 Å². The highest BCUT2D eigenvalue weighted by Gasteiger charge is 2.11. The number of aromatic nitrogens is 1. The number of ketones is 1. The zero-order chi connectivity index (χ0) is 11.7. The number of fused-ring (bicyclic) bond motifs is 1. The Bertz CT molecular complexity index is 526. The molecule has 16 heavy (non-hydrogen) atoms. The minimum Gasteiger partial charge on any atom is -0.360 e. The van der Waals surface area contributed by atoms with Crippen LogP contribution in [0, 0.1) is 5.92 Å². The Balaban J connectivity index is 2.46. The number of hydrogen-bond donors (Lipinski definition) is 0. The van der Waals surface area contributed by atoms with Crippen molar-refractivity contribution in [1.29, 1.82) is 0 Å². The highest BCUT2D eigenvalue weighted by atomic mass is 16.5. The van der Waals surface area contributed by atoms with Crippen molar-refractivity contribution in [3.05, 3.63) is 29.5 Å². The largest absolute Gasteiger partial charge is 0.360 e. The van der Waals surface area contributed by atoms with Gasteiger partial charge in [0.05, 0.1) is 0 Å². The molecular weight excluding hydrogens is 202 g/mol. The molecular formula is C13H15NO2. The quantitative estimate of drug-likeness (QED) is 0.741. The molecule has 1 aromatic carbocycles. The van der Waals surface area contributed by atoms with Crippen molar-refractivity contribution in [3.63, 3.8) is 0 Å². The fourth-order valence-electron chi connectivity index (χ4n) is 1.73. The highest BCUT2D eigenvalue weighted by Crippen LogP contribution is 2.22. The van der Waals surface area contributed by atoms with E-state index in [4.69, 9.17) is 4.52 Å². The van der Waals surface area contributed by atoms with Crippen molar-refractivity contribution in [2.24, 2.45) is 5.92 Å². The van der Waals surface area contributed by atoms with Crippen LogP contribution < -0.4 is 0 Å². The van der Waals surface area contributed by atoms with Crippen molar-refractivity contribution in [3.8, 4) is 0 Å². The van der Waals surface area contributed by atoms with Gasteiger partial charge in [-0.15, -0.1) is 0 Å². The van der Waals surface area contributed by atoms with Gasteiger partial charge in [0.25, 0.3) is 0 Å². The molecule has 2 aromatic rings. The summed E-state index contributed by atoms with van der Waals surface area (Å²) in [5.74, 6) is 1.49. The van der Waals surface area contributed by atoms with Gasteiger partial charge in [-0.25, -0.2) is 0 Å². The van der Waals surface area contributed by atoms with Gasteiger partial charge >= 0.3 is 0 Å². The third kappa shape index (κ3) is 1.98. The highest BCUT2D eigenvalue weighted by molar-refractivity contribution is 5.97. The van der Waals surface area contributed by atoms with Crippen LogP contribution in [-0.2, 0) is 6.42 Å². The van der Waals surface area contributed by atoms with E-state index in [-0.39, 0.29) is 5.78 Å². The summed E-state index contributed by atoms with van der Waals surface area (Å²) in [5, 5.41) is 5.00. The zero-order valence-electron chi connectivity index (χ0n) is 9.78. The molecule has 0 saturated carbocycles. The molecule has 0 unspecified atom stereocenters. The molecule has 2 rings (SSSR count). The first-order valence-electron chi connectivity index (χ1n) is 5.47. The van der Waals surface area contributed by atoms with Crippen LogP contribution >= 0.6 is 0 Å². The van der Waals surface area contributed by atoms with Crippen molar-refractivity contribution in [2.75, 3.05) is 0 Å². The van der Waals surface area contributed by atoms with Gasteiger partial charge < -0.3 is 4.52 Å². The fraction of sp³-hybridized carbons (Fsp3) is 0.385. The third-order valence-electron chi connectivity index (χ3n) is 2.55. The van der Waals surface area contributed by atoms with E-state index in [0.29, 0.717) is 11.5 Å². The second-order valence-electron chi connectivity index (χ2n) is 4.49. The summed E-state index contributed by atoms with van der Waals surface area (Å²) < 4.78 is 5.30. The summed E-state index contributed by atoms with van der Waals surface area (Å²) in [5.41, 5.74) is 1.44. The Hall–Kier alpha value is -1.64. The first-order valence-corrected chi connectivity index (χ1v) is 5.47. The number of carbonyl (C=O) groups excluding carboxylic acids is 1. The number of hydrogen-bond acceptors (Lipinski definition) is 3. The van der Waals surface area contributed by atoms with Crippen LogP contribution in [0.25, 0.3) is 10.9 Å². The topological polar surface area (TPSA) is 43.1 Å². The summed E-state index contributed by atoms with van der Waals surface area (Å²) in [7, 11) is 0. The molecule has 0 fully saturated rings. The van der Waals surface area contributed by atoms with Crippen LogP contribution in [0.15, 0.2) is 22.7 Å². The van der Waals surface area contributed by atoms with Crippen LogP contribution in [0.3, 0.4) is 0 Å². The van der Waals surface area contributed by atoms with E-state index in [0.717, 1.165) is 23.1 Å². The molecule has 0 amide bonds. The molecule has 0 radical (unpaired) electrons. The van der Waals surface area contributed by atoms with Crippen LogP contribution in [0.1, 0.15) is 36.9 Å². The Morgan fingerprint density at radius 3 is 2.81 bits per heavy atom. The molecule has 0 aliphatic rings. The number of Topliss-reactive ketones (excluding diaryl/α,β-unsaturated/α-hetero) is 1. The maximum Gasteiger partial charge on any atom is 0.159 e. The minimum absolute atomic E-state index is 0.0512. The number of nitrogens with zero attached hydrogens (tertiary/aromatic N) is 1. The van der Waals surface area contributed by atoms with Gasteiger partial charge in [-0.05, 0) is 25.0 Å². The van der Waals surface area contributed by atoms with Crippen LogP contribution in [0.5, 0.6) is 0 Å². The van der Waals surface area contributed by atoms with Crippen LogP contribution in [-0.4, -0.2) is 10.9 Å². The van der Waals surface area contributed by atoms with Gasteiger partial charge in [0.15, 0.2) is 5.78 Å². The lowest BCUT2D eigenvalue weighted by molar-refractivity contribution is 0.101. The molecule has 3 heteroatoms. The number of benzene rings is 1. The van der Waals surface area contributed by atoms with E-state index >= 15 is 0 Å². The van der Waals surface area contributed by atoms with Crippen LogP contribution in [0.4, 0.5) is 0 Å². The van der Waals surface area contributed by atoms with E-state index in [1.54, 1.807) is 13.0 Å². The van der Waals surface area contributed by atoms with Gasteiger partial charge in [0.2, 0.25) is 0 Å². The summed E-state index contributed by atoms with van der Waals surface area (Å²) in [4.78, 5) is 11.2. The van der Waals surface area contributed by atoms with Gasteiger partial charge in [0, 0.05) is 17.4 Å². The normalized spacial score (nSPS) is 11.2. The summed E-state index contributed by atoms with van der Waals surface area (Å²) >= 11 is 0. The first kappa shape index (κ1) is 10.9. The lowest BCUT2D eigenvalue weighted by atomic mass is 10.0. The Morgan fingerprint density at radius 1 is 1.44 bits per heavy atom. The third-order valence-corrected chi connectivity index (χ3v) is 2.55. The molecule has 0 N–H and O–H groups in total. The second-order valence-corrected chi connectivity index (χ2v) is 4.49. The molecule has 3 nitrogen and oxygen atoms in total. The van der Waals surface area contributed by atoms with Gasteiger partial charge in [-0.3, -0.25) is 4.79 Å². The predicted octanol–water partition coefficient (Wildman–Crippen LogP) is 3.23. The Morgan fingerprint density at radius 2 is 2.19 bits per heavy atom. The molecule has 0 spiro atoms. The fourth-order valence-corrected chi connectivity index (χ4v) is 1.73. The lowest BCUT2D eigenvalue weighted by Crippen LogP contribution is -1.93. The maximum absolute atomic E-state index is 11.2. The van der Waals surface area contributed by atoms with Crippen LogP contribution in [0.2, 0.25) is 0 Å². The monoisotopic (exact) mass is 217 g/mol. The van der Waals surface area contributed by atoms with Crippen molar-refractivity contribution >= 4 is 16.7 Å². The standard InChI is InChI=1S/C13H15NO2/c1-8(2)6-13-11-5-4-10(9(3)15)7-12(11)14-16-13/h4-5,7-8H,6H2,1-3H3. The average Bonchev–Trinajstić information content (AvgIpc) is 2.60. The molecule has 0 aliphatic heterocycles. The Kier molecular flexibility index (Phi) is 2.77. The predicted molar refractivity (Wildman–Crippen MR) is 62.6 cm³/mol. The minimum atomic E-state index is 0.0512. The zero-order valence-corrected chi connectivity index (χ0v) is 9.78.